The molecular weight excluding hydrogens is 246 g/mol. The standard InChI is InChI=1S/C10H26Si4.2Li/c1-11(2)9-12(3,4)14(7,8)13(5,6)10-11;;/h9-10H,1-8H3;;/q-2;2*+1. The summed E-state index contributed by atoms with van der Waals surface area (Å²) in [7, 11) is -3.94. The molecule has 1 aliphatic heterocycles. The van der Waals surface area contributed by atoms with Gasteiger partial charge in [-0.15, -0.1) is 28.3 Å². The van der Waals surface area contributed by atoms with Gasteiger partial charge in [-0.05, 0) is 7.11 Å². The van der Waals surface area contributed by atoms with Crippen molar-refractivity contribution in [2.45, 2.75) is 52.4 Å². The van der Waals surface area contributed by atoms with Crippen molar-refractivity contribution in [3.63, 3.8) is 0 Å². The molecule has 0 aromatic heterocycles. The van der Waals surface area contributed by atoms with E-state index in [4.69, 9.17) is 0 Å². The topological polar surface area (TPSA) is 0 Å². The Bertz CT molecular complexity index is 227. The first kappa shape index (κ1) is 20.4. The fourth-order valence-electron chi connectivity index (χ4n) is 3.09. The summed E-state index contributed by atoms with van der Waals surface area (Å²) in [6.45, 7) is 21.0. The Balaban J connectivity index is 0. The molecule has 6 heteroatoms. The van der Waals surface area contributed by atoms with Crippen molar-refractivity contribution >= 4 is 30.4 Å². The molecule has 0 aliphatic carbocycles. The molecule has 1 saturated heterocycles. The van der Waals surface area contributed by atoms with Gasteiger partial charge in [-0.25, -0.2) is 0 Å². The number of hydrogen-bond donors (Lipinski definition) is 0. The summed E-state index contributed by atoms with van der Waals surface area (Å²) in [5, 5.41) is 0. The summed E-state index contributed by atoms with van der Waals surface area (Å²) in [5.74, 6) is 0. The van der Waals surface area contributed by atoms with Crippen LogP contribution in [0.15, 0.2) is 0 Å². The molecule has 16 heavy (non-hydrogen) atoms. The van der Waals surface area contributed by atoms with Gasteiger partial charge in [0.1, 0.15) is 0 Å². The monoisotopic (exact) mass is 272 g/mol. The van der Waals surface area contributed by atoms with E-state index in [9.17, 15) is 0 Å². The van der Waals surface area contributed by atoms with Crippen LogP contribution in [0.4, 0.5) is 0 Å². The number of hydrogen-bond acceptors (Lipinski definition) is 0. The summed E-state index contributed by atoms with van der Waals surface area (Å²) in [5.41, 5.74) is 5.76. The van der Waals surface area contributed by atoms with Gasteiger partial charge in [-0.3, -0.25) is 8.07 Å². The van der Waals surface area contributed by atoms with E-state index in [0.29, 0.717) is 0 Å². The maximum absolute atomic E-state index is 2.88. The van der Waals surface area contributed by atoms with Gasteiger partial charge in [0, 0.05) is 0 Å². The van der Waals surface area contributed by atoms with E-state index in [1.165, 1.54) is 0 Å². The summed E-state index contributed by atoms with van der Waals surface area (Å²) < 4.78 is 0. The zero-order chi connectivity index (χ0) is 11.4. The van der Waals surface area contributed by atoms with Crippen LogP contribution >= 0.6 is 0 Å². The molecule has 0 N–H and O–H groups in total. The van der Waals surface area contributed by atoms with Crippen LogP contribution in [0.1, 0.15) is 0 Å². The van der Waals surface area contributed by atoms with Gasteiger partial charge in [0.2, 0.25) is 0 Å². The normalized spacial score (nSPS) is 28.5. The van der Waals surface area contributed by atoms with Gasteiger partial charge in [-0.1, -0.05) is 39.3 Å². The minimum absolute atomic E-state index is 0. The molecule has 0 radical (unpaired) electrons. The van der Waals surface area contributed by atoms with Crippen LogP contribution in [0.5, 0.6) is 0 Å². The minimum Gasteiger partial charge on any atom is -0.353 e. The van der Waals surface area contributed by atoms with Crippen LogP contribution in [0.25, 0.3) is 0 Å². The molecule has 1 fully saturated rings. The Morgan fingerprint density at radius 2 is 0.812 bits per heavy atom. The first-order chi connectivity index (χ1) is 5.91. The van der Waals surface area contributed by atoms with E-state index >= 15 is 0 Å². The molecule has 0 saturated carbocycles. The van der Waals surface area contributed by atoms with Crippen LogP contribution in [0.2, 0.25) is 52.4 Å². The Morgan fingerprint density at radius 3 is 1.06 bits per heavy atom. The fourth-order valence-corrected chi connectivity index (χ4v) is 60.6. The van der Waals surface area contributed by atoms with Crippen molar-refractivity contribution in [2.24, 2.45) is 0 Å². The molecule has 84 valence electrons. The zero-order valence-corrected chi connectivity index (χ0v) is 17.2. The smallest absolute Gasteiger partial charge is 0.353 e. The molecular formula is C10H26Li2Si4. The van der Waals surface area contributed by atoms with Crippen molar-refractivity contribution in [3.05, 3.63) is 11.3 Å². The van der Waals surface area contributed by atoms with Gasteiger partial charge in [0.25, 0.3) is 0 Å². The summed E-state index contributed by atoms with van der Waals surface area (Å²) in [6.07, 6.45) is 0. The van der Waals surface area contributed by atoms with Crippen molar-refractivity contribution in [3.8, 4) is 0 Å². The molecule has 0 aromatic rings. The van der Waals surface area contributed by atoms with Crippen molar-refractivity contribution < 1.29 is 37.7 Å². The second-order valence-electron chi connectivity index (χ2n) is 7.18. The summed E-state index contributed by atoms with van der Waals surface area (Å²) >= 11 is 0. The first-order valence-corrected chi connectivity index (χ1v) is 20.0. The van der Waals surface area contributed by atoms with Crippen LogP contribution < -0.4 is 37.7 Å². The van der Waals surface area contributed by atoms with E-state index in [0.717, 1.165) is 0 Å². The molecule has 1 rings (SSSR count). The van der Waals surface area contributed by atoms with E-state index in [-0.39, 0.29) is 37.7 Å². The van der Waals surface area contributed by atoms with Crippen LogP contribution in [-0.2, 0) is 0 Å². The first-order valence-electron chi connectivity index (χ1n) is 5.65. The maximum Gasteiger partial charge on any atom is 1.00 e. The second-order valence-corrected chi connectivity index (χ2v) is 40.0. The summed E-state index contributed by atoms with van der Waals surface area (Å²) in [6, 6.07) is 0. The fraction of sp³-hybridized carbons (Fsp3) is 0.800. The largest absolute Gasteiger partial charge is 1.00 e. The van der Waals surface area contributed by atoms with E-state index in [2.05, 4.69) is 63.7 Å². The van der Waals surface area contributed by atoms with Crippen LogP contribution in [0, 0.1) is 11.3 Å². The molecule has 0 spiro atoms. The van der Waals surface area contributed by atoms with Crippen molar-refractivity contribution in [2.75, 3.05) is 0 Å². The predicted octanol–water partition coefficient (Wildman–Crippen LogP) is -2.44. The van der Waals surface area contributed by atoms with E-state index in [1.54, 1.807) is 0 Å². The quantitative estimate of drug-likeness (QED) is 0.340. The third-order valence-electron chi connectivity index (χ3n) is 4.69. The third kappa shape index (κ3) is 3.54. The Kier molecular flexibility index (Phi) is 7.12. The van der Waals surface area contributed by atoms with Crippen molar-refractivity contribution in [1.82, 2.24) is 0 Å². The van der Waals surface area contributed by atoms with Gasteiger partial charge >= 0.3 is 37.7 Å². The second kappa shape index (κ2) is 5.59. The Hall–Kier alpha value is 2.06. The molecule has 0 unspecified atom stereocenters. The average molecular weight is 273 g/mol. The molecule has 1 heterocycles. The molecule has 0 aromatic carbocycles. The predicted molar refractivity (Wildman–Crippen MR) is 78.5 cm³/mol. The number of rotatable bonds is 0. The molecule has 0 bridgehead atoms. The van der Waals surface area contributed by atoms with E-state index in [1.807, 2.05) is 0 Å². The van der Waals surface area contributed by atoms with E-state index < -0.39 is 30.4 Å². The average Bonchev–Trinajstić information content (AvgIpc) is 1.77. The van der Waals surface area contributed by atoms with Crippen molar-refractivity contribution in [1.29, 1.82) is 0 Å². The maximum atomic E-state index is 2.88. The Labute approximate surface area is 131 Å². The van der Waals surface area contributed by atoms with Gasteiger partial charge in [0.15, 0.2) is 0 Å². The summed E-state index contributed by atoms with van der Waals surface area (Å²) in [4.78, 5) is 0. The molecule has 0 atom stereocenters. The Morgan fingerprint density at radius 1 is 0.562 bits per heavy atom. The van der Waals surface area contributed by atoms with Gasteiger partial charge in [-0.2, -0.15) is 0 Å². The minimum atomic E-state index is -1.04. The SMILES string of the molecule is C[Si]1(C)[CH-][Si](C)(C)[Si](C)(C)[Si](C)(C)[CH-]1.[Li+].[Li+]. The zero-order valence-electron chi connectivity index (χ0n) is 13.2. The van der Waals surface area contributed by atoms with Gasteiger partial charge < -0.3 is 11.3 Å². The van der Waals surface area contributed by atoms with Gasteiger partial charge in [0.05, 0.1) is 0 Å². The van der Waals surface area contributed by atoms with Crippen LogP contribution in [-0.4, -0.2) is 30.4 Å². The molecule has 0 amide bonds. The molecule has 0 nitrogen and oxygen atoms in total. The third-order valence-corrected chi connectivity index (χ3v) is 56.4. The van der Waals surface area contributed by atoms with Crippen LogP contribution in [0.3, 0.4) is 0 Å². The molecule has 1 aliphatic rings.